The Hall–Kier alpha value is -1.23. The number of nitrogens with one attached hydrogen (secondary N) is 1. The van der Waals surface area contributed by atoms with Crippen LogP contribution in [0.25, 0.3) is 0 Å². The third-order valence-electron chi connectivity index (χ3n) is 3.24. The number of likely N-dealkylation sites (N-methyl/N-ethyl adjacent to an activating group) is 1. The molecule has 2 unspecified atom stereocenters. The van der Waals surface area contributed by atoms with Gasteiger partial charge in [0.25, 0.3) is 0 Å². The van der Waals surface area contributed by atoms with Crippen molar-refractivity contribution in [1.29, 1.82) is 0 Å². The maximum Gasteiger partial charge on any atom is 0.152 e. The van der Waals surface area contributed by atoms with Crippen molar-refractivity contribution in [2.75, 3.05) is 18.9 Å². The molecule has 0 bridgehead atoms. The predicted octanol–water partition coefficient (Wildman–Crippen LogP) is 2.61. The Morgan fingerprint density at radius 1 is 1.24 bits per heavy atom. The maximum atomic E-state index is 13.4. The van der Waals surface area contributed by atoms with Gasteiger partial charge in [-0.05, 0) is 20.4 Å². The summed E-state index contributed by atoms with van der Waals surface area (Å²) in [6.45, 7) is 2.77. The minimum Gasteiger partial charge on any atom is -0.376 e. The quantitative estimate of drug-likeness (QED) is 0.860. The zero-order valence-electron chi connectivity index (χ0n) is 9.80. The van der Waals surface area contributed by atoms with Crippen molar-refractivity contribution in [2.45, 2.75) is 25.4 Å². The fourth-order valence-electron chi connectivity index (χ4n) is 2.18. The molecule has 2 rings (SSSR count). The van der Waals surface area contributed by atoms with Gasteiger partial charge in [0.05, 0.1) is 0 Å². The SMILES string of the molecule is CC1CC(Nc2c(F)cc(F)cc2F)CN1C. The van der Waals surface area contributed by atoms with Crippen LogP contribution in [0.15, 0.2) is 12.1 Å². The van der Waals surface area contributed by atoms with Crippen molar-refractivity contribution >= 4 is 5.69 Å². The first-order chi connectivity index (χ1) is 7.97. The van der Waals surface area contributed by atoms with Crippen LogP contribution in [-0.4, -0.2) is 30.6 Å². The molecule has 17 heavy (non-hydrogen) atoms. The van der Waals surface area contributed by atoms with Gasteiger partial charge in [0.2, 0.25) is 0 Å². The fraction of sp³-hybridized carbons (Fsp3) is 0.500. The summed E-state index contributed by atoms with van der Waals surface area (Å²) in [7, 11) is 1.96. The minimum atomic E-state index is -0.901. The van der Waals surface area contributed by atoms with Crippen LogP contribution in [0, 0.1) is 17.5 Å². The van der Waals surface area contributed by atoms with Crippen molar-refractivity contribution in [2.24, 2.45) is 0 Å². The zero-order valence-corrected chi connectivity index (χ0v) is 9.80. The highest BCUT2D eigenvalue weighted by Gasteiger charge is 2.27. The summed E-state index contributed by atoms with van der Waals surface area (Å²) in [6, 6.07) is 1.74. The standard InChI is InChI=1S/C12H15F3N2/c1-7-3-9(6-17(7)2)16-12-10(14)4-8(13)5-11(12)15/h4-5,7,9,16H,3,6H2,1-2H3. The lowest BCUT2D eigenvalue weighted by atomic mass is 10.1. The first-order valence-electron chi connectivity index (χ1n) is 5.58. The highest BCUT2D eigenvalue weighted by molar-refractivity contribution is 5.47. The van der Waals surface area contributed by atoms with E-state index in [1.54, 1.807) is 0 Å². The van der Waals surface area contributed by atoms with E-state index in [0.717, 1.165) is 13.0 Å². The molecule has 0 spiro atoms. The molecule has 0 aromatic heterocycles. The average molecular weight is 244 g/mol. The summed E-state index contributed by atoms with van der Waals surface area (Å²) in [4.78, 5) is 2.11. The molecule has 1 aromatic carbocycles. The van der Waals surface area contributed by atoms with Gasteiger partial charge in [0, 0.05) is 30.8 Å². The van der Waals surface area contributed by atoms with Gasteiger partial charge in [0.15, 0.2) is 11.6 Å². The van der Waals surface area contributed by atoms with E-state index in [9.17, 15) is 13.2 Å². The molecule has 1 aliphatic heterocycles. The van der Waals surface area contributed by atoms with E-state index < -0.39 is 17.5 Å². The van der Waals surface area contributed by atoms with Gasteiger partial charge < -0.3 is 10.2 Å². The fourth-order valence-corrected chi connectivity index (χ4v) is 2.18. The second-order valence-corrected chi connectivity index (χ2v) is 4.61. The van der Waals surface area contributed by atoms with Crippen LogP contribution in [0.5, 0.6) is 0 Å². The van der Waals surface area contributed by atoms with Crippen LogP contribution in [0.2, 0.25) is 0 Å². The maximum absolute atomic E-state index is 13.4. The molecule has 5 heteroatoms. The van der Waals surface area contributed by atoms with Gasteiger partial charge in [-0.3, -0.25) is 0 Å². The largest absolute Gasteiger partial charge is 0.376 e. The number of rotatable bonds is 2. The van der Waals surface area contributed by atoms with Gasteiger partial charge in [-0.2, -0.15) is 0 Å². The second kappa shape index (κ2) is 4.56. The van der Waals surface area contributed by atoms with Crippen LogP contribution < -0.4 is 5.32 Å². The Balaban J connectivity index is 2.14. The van der Waals surface area contributed by atoms with E-state index in [1.807, 2.05) is 7.05 Å². The molecule has 0 saturated carbocycles. The van der Waals surface area contributed by atoms with Gasteiger partial charge in [-0.1, -0.05) is 0 Å². The molecule has 94 valence electrons. The third-order valence-corrected chi connectivity index (χ3v) is 3.24. The number of halogens is 3. The number of hydrogen-bond donors (Lipinski definition) is 1. The molecule has 1 heterocycles. The van der Waals surface area contributed by atoms with Crippen LogP contribution in [0.4, 0.5) is 18.9 Å². The number of benzene rings is 1. The molecule has 1 aliphatic rings. The summed E-state index contributed by atoms with van der Waals surface area (Å²) >= 11 is 0. The molecule has 1 saturated heterocycles. The summed E-state index contributed by atoms with van der Waals surface area (Å²) in [5.74, 6) is -2.67. The topological polar surface area (TPSA) is 15.3 Å². The summed E-state index contributed by atoms with van der Waals surface area (Å²) in [5.41, 5.74) is -0.237. The first-order valence-corrected chi connectivity index (χ1v) is 5.58. The monoisotopic (exact) mass is 244 g/mol. The van der Waals surface area contributed by atoms with E-state index in [2.05, 4.69) is 17.1 Å². The molecular formula is C12H15F3N2. The molecule has 0 aliphatic carbocycles. The third kappa shape index (κ3) is 2.54. The van der Waals surface area contributed by atoms with E-state index in [0.29, 0.717) is 18.2 Å². The van der Waals surface area contributed by atoms with E-state index in [4.69, 9.17) is 0 Å². The lowest BCUT2D eigenvalue weighted by molar-refractivity contribution is 0.330. The predicted molar refractivity (Wildman–Crippen MR) is 60.4 cm³/mol. The Morgan fingerprint density at radius 2 is 1.82 bits per heavy atom. The normalized spacial score (nSPS) is 25.2. The number of hydrogen-bond acceptors (Lipinski definition) is 2. The summed E-state index contributed by atoms with van der Waals surface area (Å²) in [6.07, 6.45) is 0.812. The minimum absolute atomic E-state index is 0.00976. The smallest absolute Gasteiger partial charge is 0.152 e. The van der Waals surface area contributed by atoms with Gasteiger partial charge in [-0.15, -0.1) is 0 Å². The van der Waals surface area contributed by atoms with Gasteiger partial charge in [-0.25, -0.2) is 13.2 Å². The van der Waals surface area contributed by atoms with Crippen molar-refractivity contribution in [3.63, 3.8) is 0 Å². The zero-order chi connectivity index (χ0) is 12.6. The average Bonchev–Trinajstić information content (AvgIpc) is 2.52. The van der Waals surface area contributed by atoms with Crippen molar-refractivity contribution in [3.05, 3.63) is 29.6 Å². The van der Waals surface area contributed by atoms with Crippen molar-refractivity contribution in [1.82, 2.24) is 4.90 Å². The second-order valence-electron chi connectivity index (χ2n) is 4.61. The van der Waals surface area contributed by atoms with Gasteiger partial charge in [0.1, 0.15) is 11.5 Å². The molecule has 1 N–H and O–H groups in total. The molecule has 0 amide bonds. The van der Waals surface area contributed by atoms with E-state index in [-0.39, 0.29) is 11.7 Å². The van der Waals surface area contributed by atoms with E-state index in [1.165, 1.54) is 0 Å². The molecule has 0 radical (unpaired) electrons. The summed E-state index contributed by atoms with van der Waals surface area (Å²) < 4.78 is 39.5. The lowest BCUT2D eigenvalue weighted by Gasteiger charge is -2.15. The first kappa shape index (κ1) is 12.2. The highest BCUT2D eigenvalue weighted by atomic mass is 19.1. The summed E-state index contributed by atoms with van der Waals surface area (Å²) in [5, 5.41) is 2.81. The molecule has 2 nitrogen and oxygen atoms in total. The van der Waals surface area contributed by atoms with Crippen molar-refractivity contribution in [3.8, 4) is 0 Å². The number of likely N-dealkylation sites (tertiary alicyclic amines) is 1. The van der Waals surface area contributed by atoms with E-state index >= 15 is 0 Å². The Morgan fingerprint density at radius 3 is 2.29 bits per heavy atom. The number of nitrogens with zero attached hydrogens (tertiary/aromatic N) is 1. The van der Waals surface area contributed by atoms with Crippen LogP contribution in [-0.2, 0) is 0 Å². The molecular weight excluding hydrogens is 229 g/mol. The van der Waals surface area contributed by atoms with Crippen molar-refractivity contribution < 1.29 is 13.2 Å². The van der Waals surface area contributed by atoms with Gasteiger partial charge >= 0.3 is 0 Å². The number of anilines is 1. The Labute approximate surface area is 98.4 Å². The Kier molecular flexibility index (Phi) is 3.28. The highest BCUT2D eigenvalue weighted by Crippen LogP contribution is 2.24. The van der Waals surface area contributed by atoms with Crippen LogP contribution >= 0.6 is 0 Å². The molecule has 1 fully saturated rings. The molecule has 1 aromatic rings. The van der Waals surface area contributed by atoms with Crippen LogP contribution in [0.3, 0.4) is 0 Å². The lowest BCUT2D eigenvalue weighted by Crippen LogP contribution is -2.25. The molecule has 2 atom stereocenters. The Bertz CT molecular complexity index is 389. The van der Waals surface area contributed by atoms with Crippen LogP contribution in [0.1, 0.15) is 13.3 Å².